The second kappa shape index (κ2) is 10.2. The van der Waals surface area contributed by atoms with Gasteiger partial charge < -0.3 is 10.5 Å². The highest BCUT2D eigenvalue weighted by Gasteiger charge is 2.22. The van der Waals surface area contributed by atoms with Crippen molar-refractivity contribution in [3.05, 3.63) is 83.5 Å². The molecular weight excluding hydrogens is 442 g/mol. The monoisotopic (exact) mass is 466 g/mol. The third kappa shape index (κ3) is 6.22. The Balaban J connectivity index is 2.13. The van der Waals surface area contributed by atoms with Gasteiger partial charge in [-0.25, -0.2) is 13.6 Å². The van der Waals surface area contributed by atoms with E-state index in [1.807, 2.05) is 0 Å². The van der Waals surface area contributed by atoms with Crippen LogP contribution in [0.4, 0.5) is 19.3 Å². The van der Waals surface area contributed by atoms with E-state index in [-0.39, 0.29) is 23.4 Å². The summed E-state index contributed by atoms with van der Waals surface area (Å²) < 4.78 is 35.3. The number of aromatic nitrogens is 2. The van der Waals surface area contributed by atoms with Crippen molar-refractivity contribution in [1.82, 2.24) is 9.97 Å². The number of hydrogen-bond donors (Lipinski definition) is 2. The highest BCUT2D eigenvalue weighted by atomic mass is 19.1. The van der Waals surface area contributed by atoms with E-state index in [1.165, 1.54) is 36.7 Å². The number of primary amides is 1. The second-order valence-corrected chi connectivity index (χ2v) is 8.36. The molecule has 1 aromatic carbocycles. The van der Waals surface area contributed by atoms with Crippen molar-refractivity contribution in [3.63, 3.8) is 0 Å². The summed E-state index contributed by atoms with van der Waals surface area (Å²) in [5, 5.41) is 2.40. The van der Waals surface area contributed by atoms with Crippen molar-refractivity contribution in [3.8, 4) is 11.1 Å². The summed E-state index contributed by atoms with van der Waals surface area (Å²) in [5.74, 6) is -2.05. The van der Waals surface area contributed by atoms with Crippen LogP contribution in [0, 0.1) is 11.6 Å². The molecule has 0 aliphatic rings. The van der Waals surface area contributed by atoms with Gasteiger partial charge in [0, 0.05) is 36.0 Å². The molecule has 34 heavy (non-hydrogen) atoms. The summed E-state index contributed by atoms with van der Waals surface area (Å²) in [4.78, 5) is 31.7. The molecule has 0 atom stereocenters. The van der Waals surface area contributed by atoms with Gasteiger partial charge in [0.25, 0.3) is 0 Å². The highest BCUT2D eigenvalue weighted by Crippen LogP contribution is 2.34. The fraction of sp³-hybridized carbons (Fsp3) is 0.200. The fourth-order valence-electron chi connectivity index (χ4n) is 3.21. The van der Waals surface area contributed by atoms with Gasteiger partial charge >= 0.3 is 6.09 Å². The third-order valence-corrected chi connectivity index (χ3v) is 4.59. The van der Waals surface area contributed by atoms with Crippen molar-refractivity contribution < 1.29 is 23.1 Å². The van der Waals surface area contributed by atoms with E-state index in [4.69, 9.17) is 10.5 Å². The van der Waals surface area contributed by atoms with Crippen LogP contribution < -0.4 is 11.1 Å². The van der Waals surface area contributed by atoms with Crippen molar-refractivity contribution in [2.24, 2.45) is 5.73 Å². The van der Waals surface area contributed by atoms with Crippen molar-refractivity contribution in [2.75, 3.05) is 5.32 Å². The number of nitrogens with zero attached hydrogens (tertiary/aromatic N) is 2. The zero-order valence-electron chi connectivity index (χ0n) is 18.9. The summed E-state index contributed by atoms with van der Waals surface area (Å²) in [6, 6.07) is 8.94. The molecule has 3 N–H and O–H groups in total. The maximum atomic E-state index is 15.7. The molecule has 7 nitrogen and oxygen atoms in total. The normalized spacial score (nSPS) is 11.4. The Labute approximate surface area is 195 Å². The van der Waals surface area contributed by atoms with E-state index in [0.717, 1.165) is 6.08 Å². The Bertz CT molecular complexity index is 1250. The van der Waals surface area contributed by atoms with Crippen LogP contribution >= 0.6 is 0 Å². The van der Waals surface area contributed by atoms with Gasteiger partial charge in [-0.15, -0.1) is 0 Å². The van der Waals surface area contributed by atoms with Crippen LogP contribution in [-0.4, -0.2) is 27.6 Å². The van der Waals surface area contributed by atoms with Gasteiger partial charge in [0.2, 0.25) is 5.91 Å². The van der Waals surface area contributed by atoms with E-state index in [0.29, 0.717) is 16.8 Å². The first kappa shape index (κ1) is 24.5. The number of carbonyl (C=O) groups is 2. The molecule has 0 saturated heterocycles. The number of carbonyl (C=O) groups excluding carboxylic acids is 2. The number of halogens is 2. The molecule has 0 unspecified atom stereocenters. The predicted molar refractivity (Wildman–Crippen MR) is 125 cm³/mol. The molecule has 3 rings (SSSR count). The molecule has 0 saturated carbocycles. The third-order valence-electron chi connectivity index (χ3n) is 4.59. The Morgan fingerprint density at radius 2 is 1.76 bits per heavy atom. The summed E-state index contributed by atoms with van der Waals surface area (Å²) in [5.41, 5.74) is 5.60. The zero-order chi connectivity index (χ0) is 24.9. The lowest BCUT2D eigenvalue weighted by atomic mass is 9.93. The van der Waals surface area contributed by atoms with E-state index in [9.17, 15) is 14.0 Å². The lowest BCUT2D eigenvalue weighted by Crippen LogP contribution is -2.27. The highest BCUT2D eigenvalue weighted by molar-refractivity contribution is 5.92. The largest absolute Gasteiger partial charge is 0.444 e. The molecule has 0 radical (unpaired) electrons. The lowest BCUT2D eigenvalue weighted by Gasteiger charge is -2.21. The first-order chi connectivity index (χ1) is 16.0. The minimum Gasteiger partial charge on any atom is -0.444 e. The molecule has 9 heteroatoms. The Morgan fingerprint density at radius 1 is 1.06 bits per heavy atom. The van der Waals surface area contributed by atoms with Gasteiger partial charge in [0.05, 0.1) is 17.1 Å². The minimum absolute atomic E-state index is 0.0233. The van der Waals surface area contributed by atoms with E-state index in [2.05, 4.69) is 15.3 Å². The molecule has 2 amide bonds. The van der Waals surface area contributed by atoms with Crippen molar-refractivity contribution in [2.45, 2.75) is 32.8 Å². The van der Waals surface area contributed by atoms with E-state index in [1.54, 1.807) is 39.0 Å². The number of amides is 2. The predicted octanol–water partition coefficient (Wildman–Crippen LogP) is 4.86. The number of ether oxygens (including phenoxy) is 1. The molecule has 3 aromatic rings. The van der Waals surface area contributed by atoms with Crippen LogP contribution in [0.5, 0.6) is 0 Å². The summed E-state index contributed by atoms with van der Waals surface area (Å²) in [6.07, 6.45) is 4.43. The molecule has 0 bridgehead atoms. The van der Waals surface area contributed by atoms with Gasteiger partial charge in [0.1, 0.15) is 11.4 Å². The van der Waals surface area contributed by atoms with Crippen LogP contribution in [-0.2, 0) is 16.0 Å². The molecule has 2 aromatic heterocycles. The van der Waals surface area contributed by atoms with Crippen LogP contribution in [0.25, 0.3) is 17.2 Å². The van der Waals surface area contributed by atoms with Crippen molar-refractivity contribution in [1.29, 1.82) is 0 Å². The maximum Gasteiger partial charge on any atom is 0.412 e. The smallest absolute Gasteiger partial charge is 0.412 e. The minimum atomic E-state index is -0.833. The molecule has 0 fully saturated rings. The second-order valence-electron chi connectivity index (χ2n) is 8.36. The lowest BCUT2D eigenvalue weighted by molar-refractivity contribution is -0.113. The number of nitrogens with one attached hydrogen (secondary N) is 1. The topological polar surface area (TPSA) is 107 Å². The number of hydrogen-bond acceptors (Lipinski definition) is 5. The quantitative estimate of drug-likeness (QED) is 0.505. The Kier molecular flexibility index (Phi) is 7.35. The Hall–Kier alpha value is -4.14. The van der Waals surface area contributed by atoms with Gasteiger partial charge in [-0.2, -0.15) is 0 Å². The van der Waals surface area contributed by atoms with Crippen LogP contribution in [0.15, 0.2) is 54.9 Å². The zero-order valence-corrected chi connectivity index (χ0v) is 18.9. The average Bonchev–Trinajstić information content (AvgIpc) is 2.75. The molecule has 0 spiro atoms. The molecule has 0 aliphatic carbocycles. The van der Waals surface area contributed by atoms with Gasteiger partial charge in [-0.05, 0) is 56.7 Å². The number of rotatable bonds is 6. The van der Waals surface area contributed by atoms with Crippen LogP contribution in [0.1, 0.15) is 37.7 Å². The molecule has 2 heterocycles. The maximum absolute atomic E-state index is 15.7. The number of anilines is 1. The number of pyridine rings is 2. The summed E-state index contributed by atoms with van der Waals surface area (Å²) in [7, 11) is 0. The SMILES string of the molecule is CC(C)(C)OC(=O)Nc1ccc(-c2cccnc2/C=C/C(N)=O)c(Cc2ncccc2F)c1F. The number of benzene rings is 1. The summed E-state index contributed by atoms with van der Waals surface area (Å²) >= 11 is 0. The van der Waals surface area contributed by atoms with Crippen LogP contribution in [0.3, 0.4) is 0 Å². The fourth-order valence-corrected chi connectivity index (χ4v) is 3.21. The standard InChI is InChI=1S/C25H24F2N4O3/c1-25(2,3)34-24(33)31-20-9-8-15(16-6-4-12-29-19(16)10-11-22(28)32)17(23(20)27)14-21-18(26)7-5-13-30-21/h4-13H,14H2,1-3H3,(H2,28,32)(H,31,33)/b11-10+. The Morgan fingerprint density at radius 3 is 2.44 bits per heavy atom. The van der Waals surface area contributed by atoms with Crippen LogP contribution in [0.2, 0.25) is 0 Å². The van der Waals surface area contributed by atoms with Crippen molar-refractivity contribution >= 4 is 23.8 Å². The average molecular weight is 466 g/mol. The molecule has 0 aliphatic heterocycles. The first-order valence-electron chi connectivity index (χ1n) is 10.4. The first-order valence-corrected chi connectivity index (χ1v) is 10.4. The van der Waals surface area contributed by atoms with E-state index < -0.39 is 29.2 Å². The van der Waals surface area contributed by atoms with Gasteiger partial charge in [-0.3, -0.25) is 20.1 Å². The number of nitrogens with two attached hydrogens (primary N) is 1. The van der Waals surface area contributed by atoms with Gasteiger partial charge in [-0.1, -0.05) is 12.1 Å². The molecule has 176 valence electrons. The van der Waals surface area contributed by atoms with E-state index >= 15 is 4.39 Å². The summed E-state index contributed by atoms with van der Waals surface area (Å²) in [6.45, 7) is 5.06. The van der Waals surface area contributed by atoms with Gasteiger partial charge in [0.15, 0.2) is 5.82 Å². The molecular formula is C25H24F2N4O3.